The summed E-state index contributed by atoms with van der Waals surface area (Å²) in [4.78, 5) is 76.3. The molecule has 144 heavy (non-hydrogen) atoms. The van der Waals surface area contributed by atoms with Gasteiger partial charge in [-0.3, -0.25) is 41.4 Å². The molecule has 1 atom stereocenters. The van der Waals surface area contributed by atoms with Crippen LogP contribution in [0, 0.1) is 23.0 Å². The number of aliphatic hydroxyl groups is 2. The van der Waals surface area contributed by atoms with Crippen LogP contribution in [0.4, 0.5) is 36.5 Å². The Kier molecular flexibility index (Phi) is 43.7. The minimum atomic E-state index is -0.550. The van der Waals surface area contributed by atoms with E-state index >= 15 is 0 Å². The molecule has 0 saturated heterocycles. The second kappa shape index (κ2) is 59.2. The second-order valence-electron chi connectivity index (χ2n) is 30.8. The van der Waals surface area contributed by atoms with Crippen LogP contribution in [0.1, 0.15) is 45.9 Å². The quantitative estimate of drug-likeness (QED) is 0.00585. The van der Waals surface area contributed by atoms with Crippen LogP contribution in [-0.2, 0) is 56.0 Å². The number of nitrogens with one attached hydrogen (secondary N) is 6. The van der Waals surface area contributed by atoms with Crippen LogP contribution in [0.15, 0.2) is 404 Å². The van der Waals surface area contributed by atoms with Crippen LogP contribution in [0.3, 0.4) is 0 Å². The van der Waals surface area contributed by atoms with Crippen molar-refractivity contribution in [3.8, 4) is 67.5 Å². The van der Waals surface area contributed by atoms with Gasteiger partial charge >= 0.3 is 6.15 Å². The smallest absolute Gasteiger partial charge is 0.373 e. The van der Waals surface area contributed by atoms with Crippen molar-refractivity contribution in [3.05, 3.63) is 432 Å². The normalized spacial score (nSPS) is 11.2. The molecule has 0 spiro atoms. The average Bonchev–Trinajstić information content (AvgIpc) is 1.67. The van der Waals surface area contributed by atoms with Crippen molar-refractivity contribution in [2.24, 2.45) is 37.2 Å². The van der Waals surface area contributed by atoms with Crippen LogP contribution in [0.5, 0.6) is 0 Å². The molecular formula is C109H98ClN19O9S6. The number of carbonyl (C=O) groups is 2. The maximum Gasteiger partial charge on any atom is 0.373 e. The van der Waals surface area contributed by atoms with Gasteiger partial charge in [0.2, 0.25) is 31.6 Å². The number of aryl methyl sites for hydroxylation is 1. The van der Waals surface area contributed by atoms with Crippen LogP contribution < -0.4 is 38.2 Å². The topological polar surface area (TPSA) is 398 Å². The highest BCUT2D eigenvalue weighted by atomic mass is 35.5. The fourth-order valence-electron chi connectivity index (χ4n) is 13.2. The molecule has 0 fully saturated rings. The number of anilines is 6. The Hall–Kier alpha value is -16.5. The van der Waals surface area contributed by atoms with E-state index in [2.05, 4.69) is 136 Å². The lowest BCUT2D eigenvalue weighted by Gasteiger charge is -2.14. The summed E-state index contributed by atoms with van der Waals surface area (Å²) in [6.45, 7) is 4.62. The minimum Gasteiger partial charge on any atom is -0.407 e. The number of halogens is 1. The highest BCUT2D eigenvalue weighted by molar-refractivity contribution is 7.15. The van der Waals surface area contributed by atoms with Crippen LogP contribution in [0.2, 0.25) is 5.02 Å². The first kappa shape index (κ1) is 106. The summed E-state index contributed by atoms with van der Waals surface area (Å²) in [5.74, 6) is -0.523. The van der Waals surface area contributed by atoms with Gasteiger partial charge in [-0.05, 0) is 66.3 Å². The lowest BCUT2D eigenvalue weighted by atomic mass is 9.99. The summed E-state index contributed by atoms with van der Waals surface area (Å²) in [7, 11) is 0. The number of nitrogens with zero attached hydrogens (tertiary/aromatic N) is 12. The number of ether oxygens (including phenoxy) is 1. The number of hydrogen-bond acceptors (Lipinski definition) is 32. The fourth-order valence-corrected chi connectivity index (χ4v) is 17.4. The van der Waals surface area contributed by atoms with Gasteiger partial charge in [0.1, 0.15) is 5.71 Å². The second-order valence-corrected chi connectivity index (χ2v) is 36.3. The molecule has 18 rings (SSSR count). The molecule has 6 heterocycles. The molecule has 0 aliphatic rings. The SMILES string of the molecule is C(/Cc1ccccc1)=N/Nc1nc(-c2ccccc2)cs1.C/C(Cc1ccccc1)=N/Nc1nc(-c2ccccc2)cs1.Cc1ccc(-c2csc(NCC(CO)Cc3ccccc3[N+](=O)[O-])n2)cc1Cl.NC(=O)/C(Cc1ccccc1)=N/Nc1nc(-c2ccccc2)cs1.O=C=O.O=CO/C(=N/Nc1nc(-c2ccccc2)cs1)c1ccccc1.OC/C(Cc1ccccc1)=N/Nc1nc(-c2ccccc2)cs1. The van der Waals surface area contributed by atoms with Crippen molar-refractivity contribution in [2.75, 3.05) is 52.2 Å². The molecule has 12 aromatic carbocycles. The number of hydrogen-bond donors (Lipinski definition) is 9. The number of carbonyl (C=O) groups excluding carboxylic acids is 4. The maximum atomic E-state index is 11.6. The van der Waals surface area contributed by atoms with E-state index in [-0.39, 0.29) is 42.6 Å². The zero-order valence-electron chi connectivity index (χ0n) is 77.8. The molecular weight excluding hydrogens is 1950 g/mol. The predicted molar refractivity (Wildman–Crippen MR) is 587 cm³/mol. The van der Waals surface area contributed by atoms with E-state index in [0.717, 1.165) is 118 Å². The number of hydrazone groups is 5. The molecule has 35 heteroatoms. The summed E-state index contributed by atoms with van der Waals surface area (Å²) < 4.78 is 4.92. The summed E-state index contributed by atoms with van der Waals surface area (Å²) in [6.07, 6.45) is 5.16. The lowest BCUT2D eigenvalue weighted by molar-refractivity contribution is -0.385. The third-order valence-electron chi connectivity index (χ3n) is 20.4. The van der Waals surface area contributed by atoms with E-state index < -0.39 is 10.8 Å². The number of aromatic nitrogens is 6. The molecule has 1 unspecified atom stereocenters. The molecule has 0 aliphatic carbocycles. The van der Waals surface area contributed by atoms with Gasteiger partial charge in [0.15, 0.2) is 5.13 Å². The first-order valence-electron chi connectivity index (χ1n) is 44.7. The zero-order valence-corrected chi connectivity index (χ0v) is 83.4. The summed E-state index contributed by atoms with van der Waals surface area (Å²) in [5.41, 5.74) is 40.8. The Bertz CT molecular complexity index is 7130. The number of rotatable bonds is 35. The molecule has 0 bridgehead atoms. The van der Waals surface area contributed by atoms with E-state index in [1.54, 1.807) is 53.0 Å². The Morgan fingerprint density at radius 3 is 1.22 bits per heavy atom. The summed E-state index contributed by atoms with van der Waals surface area (Å²) >= 11 is 15.1. The van der Waals surface area contributed by atoms with Crippen molar-refractivity contribution in [1.29, 1.82) is 0 Å². The maximum absolute atomic E-state index is 11.6. The van der Waals surface area contributed by atoms with Crippen LogP contribution >= 0.6 is 79.6 Å². The number of para-hydroxylation sites is 1. The van der Waals surface area contributed by atoms with Crippen molar-refractivity contribution in [3.63, 3.8) is 0 Å². The van der Waals surface area contributed by atoms with Gasteiger partial charge in [0.05, 0.1) is 51.4 Å². The van der Waals surface area contributed by atoms with Crippen molar-refractivity contribution < 1.29 is 39.1 Å². The van der Waals surface area contributed by atoms with E-state index in [1.165, 1.54) is 62.5 Å². The third-order valence-corrected chi connectivity index (χ3v) is 25.3. The van der Waals surface area contributed by atoms with E-state index in [0.29, 0.717) is 69.5 Å². The monoisotopic (exact) mass is 2040 g/mol. The first-order chi connectivity index (χ1) is 70.5. The van der Waals surface area contributed by atoms with Gasteiger partial charge in [0, 0.05) is 145 Å². The predicted octanol–water partition coefficient (Wildman–Crippen LogP) is 24.5. The first-order valence-corrected chi connectivity index (χ1v) is 50.3. The summed E-state index contributed by atoms with van der Waals surface area (Å²) in [5, 5.41) is 71.6. The molecule has 6 aromatic heterocycles. The molecule has 18 aromatic rings. The number of amides is 1. The number of aliphatic hydroxyl groups excluding tert-OH is 2. The molecule has 726 valence electrons. The number of nitro groups is 1. The van der Waals surface area contributed by atoms with Crippen molar-refractivity contribution >= 4 is 164 Å². The Morgan fingerprint density at radius 1 is 0.451 bits per heavy atom. The molecule has 10 N–H and O–H groups in total. The minimum absolute atomic E-state index is 0.0775. The average molecular weight is 2050 g/mol. The highest BCUT2D eigenvalue weighted by Gasteiger charge is 2.20. The van der Waals surface area contributed by atoms with Gasteiger partial charge in [-0.15, -0.1) is 73.1 Å². The van der Waals surface area contributed by atoms with Gasteiger partial charge in [0.25, 0.3) is 18.1 Å². The molecule has 0 saturated carbocycles. The largest absolute Gasteiger partial charge is 0.407 e. The Morgan fingerprint density at radius 2 is 0.806 bits per heavy atom. The van der Waals surface area contributed by atoms with Crippen LogP contribution in [0.25, 0.3) is 67.5 Å². The standard InChI is InChI=1S/C20H20ClN3O3S.C18H16N4OS.C18H17N3OS.C18H17N3S.C17H13N3O2S.C17H15N3S.CO2/c1-13-6-7-15(9-17(13)21)18-12-28-20(23-18)22-10-14(11-25)8-16-4-2-3-5-19(16)24(26)27;19-17(23)15(11-13-7-3-1-4-8-13)21-22-18-20-16(12-24-18)14-9-5-2-6-10-14;22-12-16(11-14-7-3-1-4-8-14)20-21-18-19-17(13-23-18)15-9-5-2-6-10-15;1-14(12-15-8-4-2-5-9-15)20-21-18-19-17(13-22-18)16-10-6-3-7-11-16;21-12-22-16(14-9-5-2-6-10-14)19-20-17-18-15(11-23-17)13-7-3-1-4-8-13;1-3-7-14(8-4-1)11-12-18-20-17-19-16(13-21-17)15-9-5-2-6-10-15;2-1-3/h2-7,9,12,14,25H,8,10-11H2,1H3,(H,22,23);1-10,12H,11H2,(H2,19,23)(H,20,22);1-10,13,22H,11-12H2,(H,19,21);2-11,13H,12H2,1H3,(H,19,21);1-12H,(H,18,20);1-10,12-13H,11H2,(H,19,20);/b;21-15+;20-16+;20-14-;19-16+;18-12-;. The van der Waals surface area contributed by atoms with E-state index in [4.69, 9.17) is 31.7 Å². The number of nitro benzene ring substituents is 1. The third kappa shape index (κ3) is 36.0. The summed E-state index contributed by atoms with van der Waals surface area (Å²) in [6, 6.07) is 112. The Labute approximate surface area is 861 Å². The van der Waals surface area contributed by atoms with Crippen molar-refractivity contribution in [1.82, 2.24) is 29.9 Å². The van der Waals surface area contributed by atoms with Gasteiger partial charge < -0.3 is 26.0 Å². The highest BCUT2D eigenvalue weighted by Crippen LogP contribution is 2.33. The molecule has 1 amide bonds. The lowest BCUT2D eigenvalue weighted by Crippen LogP contribution is -2.26. The number of benzene rings is 12. The number of primary amides is 1. The number of thiazole rings is 6. The molecule has 0 radical (unpaired) electrons. The van der Waals surface area contributed by atoms with Crippen LogP contribution in [-0.4, -0.2) is 113 Å². The van der Waals surface area contributed by atoms with Gasteiger partial charge in [-0.1, -0.05) is 333 Å². The zero-order chi connectivity index (χ0) is 101. The van der Waals surface area contributed by atoms with E-state index in [1.807, 2.05) is 313 Å². The number of nitrogens with two attached hydrogens (primary N) is 1. The van der Waals surface area contributed by atoms with Gasteiger partial charge in [-0.2, -0.15) is 30.0 Å². The van der Waals surface area contributed by atoms with E-state index in [9.17, 15) is 29.9 Å². The van der Waals surface area contributed by atoms with Gasteiger partial charge in [-0.25, -0.2) is 35.3 Å². The molecule has 28 nitrogen and oxygen atoms in total. The fraction of sp³-hybridized carbons (Fsp3) is 0.101. The van der Waals surface area contributed by atoms with Crippen molar-refractivity contribution in [2.45, 2.75) is 46.0 Å². The molecule has 0 aliphatic heterocycles. The Balaban J connectivity index is 0.000000153.